The molecule has 2 aromatic rings. The Morgan fingerprint density at radius 2 is 1.76 bits per heavy atom. The second kappa shape index (κ2) is 9.93. The van der Waals surface area contributed by atoms with Crippen LogP contribution in [0.4, 0.5) is 0 Å². The van der Waals surface area contributed by atoms with Crippen molar-refractivity contribution in [1.29, 1.82) is 0 Å². The van der Waals surface area contributed by atoms with E-state index in [1.54, 1.807) is 0 Å². The first-order chi connectivity index (χ1) is 14.3. The van der Waals surface area contributed by atoms with E-state index in [0.717, 1.165) is 45.2 Å². The zero-order valence-corrected chi connectivity index (χ0v) is 17.5. The molecule has 1 N–H and O–H groups in total. The second-order valence-electron chi connectivity index (χ2n) is 8.14. The molecule has 2 aliphatic heterocycles. The van der Waals surface area contributed by atoms with E-state index in [1.807, 2.05) is 0 Å². The highest BCUT2D eigenvalue weighted by molar-refractivity contribution is 5.80. The van der Waals surface area contributed by atoms with Crippen LogP contribution in [0.5, 0.6) is 0 Å². The van der Waals surface area contributed by atoms with Gasteiger partial charge in [-0.1, -0.05) is 60.7 Å². The number of benzene rings is 2. The first-order valence-electron chi connectivity index (χ1n) is 11.1. The molecule has 2 aromatic carbocycles. The summed E-state index contributed by atoms with van der Waals surface area (Å²) in [4.78, 5) is 7.51. The summed E-state index contributed by atoms with van der Waals surface area (Å²) in [6.07, 6.45) is 3.65. The summed E-state index contributed by atoms with van der Waals surface area (Å²) in [5, 5.41) is 3.53. The maximum absolute atomic E-state index is 6.17. The summed E-state index contributed by atoms with van der Waals surface area (Å²) >= 11 is 0. The lowest BCUT2D eigenvalue weighted by Crippen LogP contribution is -2.40. The summed E-state index contributed by atoms with van der Waals surface area (Å²) in [6, 6.07) is 21.5. The fourth-order valence-electron chi connectivity index (χ4n) is 4.62. The average molecular weight is 392 g/mol. The van der Waals surface area contributed by atoms with E-state index < -0.39 is 0 Å². The third-order valence-corrected chi connectivity index (χ3v) is 6.14. The molecule has 3 unspecified atom stereocenters. The molecule has 0 aromatic heterocycles. The number of hydrogen-bond donors (Lipinski definition) is 1. The Bertz CT molecular complexity index is 777. The predicted octanol–water partition coefficient (Wildman–Crippen LogP) is 4.61. The number of hydrogen-bond acceptors (Lipinski definition) is 2. The summed E-state index contributed by atoms with van der Waals surface area (Å²) in [7, 11) is 0. The average Bonchev–Trinajstić information content (AvgIpc) is 3.28. The molecule has 29 heavy (non-hydrogen) atoms. The van der Waals surface area contributed by atoms with Crippen molar-refractivity contribution in [2.24, 2.45) is 10.9 Å². The Morgan fingerprint density at radius 1 is 1.03 bits per heavy atom. The highest BCUT2D eigenvalue weighted by atomic mass is 16.5. The Labute approximate surface area is 175 Å². The number of ether oxygens (including phenoxy) is 1. The lowest BCUT2D eigenvalue weighted by atomic mass is 9.89. The van der Waals surface area contributed by atoms with Crippen molar-refractivity contribution in [1.82, 2.24) is 10.2 Å². The van der Waals surface area contributed by atoms with Crippen molar-refractivity contribution in [2.75, 3.05) is 32.8 Å². The van der Waals surface area contributed by atoms with Gasteiger partial charge in [0, 0.05) is 44.6 Å². The third-order valence-electron chi connectivity index (χ3n) is 6.14. The molecule has 0 spiro atoms. The Kier molecular flexibility index (Phi) is 6.83. The highest BCUT2D eigenvalue weighted by Gasteiger charge is 2.29. The fourth-order valence-corrected chi connectivity index (χ4v) is 4.62. The predicted molar refractivity (Wildman–Crippen MR) is 119 cm³/mol. The van der Waals surface area contributed by atoms with E-state index in [1.165, 1.54) is 24.0 Å². The molecule has 3 atom stereocenters. The fraction of sp³-hybridized carbons (Fsp3) is 0.480. The lowest BCUT2D eigenvalue weighted by Gasteiger charge is -2.32. The zero-order chi connectivity index (χ0) is 19.9. The van der Waals surface area contributed by atoms with Crippen LogP contribution in [0.3, 0.4) is 0 Å². The number of aliphatic imine (C=N–C) groups is 1. The minimum atomic E-state index is 0.159. The molecule has 2 fully saturated rings. The van der Waals surface area contributed by atoms with Crippen LogP contribution in [0, 0.1) is 5.92 Å². The monoisotopic (exact) mass is 391 g/mol. The van der Waals surface area contributed by atoms with E-state index in [-0.39, 0.29) is 6.10 Å². The normalized spacial score (nSPS) is 25.2. The van der Waals surface area contributed by atoms with Crippen LogP contribution in [0.2, 0.25) is 0 Å². The van der Waals surface area contributed by atoms with Gasteiger partial charge in [-0.05, 0) is 37.3 Å². The molecule has 154 valence electrons. The Morgan fingerprint density at radius 3 is 2.48 bits per heavy atom. The van der Waals surface area contributed by atoms with Gasteiger partial charge < -0.3 is 15.0 Å². The second-order valence-corrected chi connectivity index (χ2v) is 8.14. The van der Waals surface area contributed by atoms with Gasteiger partial charge in [0.1, 0.15) is 0 Å². The number of nitrogens with zero attached hydrogens (tertiary/aromatic N) is 2. The lowest BCUT2D eigenvalue weighted by molar-refractivity contribution is -0.0250. The van der Waals surface area contributed by atoms with Crippen molar-refractivity contribution >= 4 is 5.96 Å². The molecule has 2 heterocycles. The molecule has 4 rings (SSSR count). The standard InChI is InChI=1S/C25H33N3O/c1-2-26-25(28-16-15-23(19-28)20-10-5-3-6-11-20)27-18-22-14-9-17-29-24(22)21-12-7-4-8-13-21/h3-8,10-13,22-24H,2,9,14-19H2,1H3,(H,26,27). The van der Waals surface area contributed by atoms with Gasteiger partial charge in [-0.25, -0.2) is 0 Å². The first kappa shape index (κ1) is 20.0. The maximum atomic E-state index is 6.17. The molecule has 2 saturated heterocycles. The van der Waals surface area contributed by atoms with Crippen LogP contribution in [0.25, 0.3) is 0 Å². The first-order valence-corrected chi connectivity index (χ1v) is 11.1. The van der Waals surface area contributed by atoms with E-state index in [4.69, 9.17) is 9.73 Å². The minimum Gasteiger partial charge on any atom is -0.373 e. The molecule has 4 heteroatoms. The topological polar surface area (TPSA) is 36.9 Å². The summed E-state index contributed by atoms with van der Waals surface area (Å²) in [5.74, 6) is 2.09. The van der Waals surface area contributed by atoms with Crippen molar-refractivity contribution in [3.05, 3.63) is 71.8 Å². The Hall–Kier alpha value is -2.33. The highest BCUT2D eigenvalue weighted by Crippen LogP contribution is 2.34. The van der Waals surface area contributed by atoms with Gasteiger partial charge in [-0.3, -0.25) is 4.99 Å². The quantitative estimate of drug-likeness (QED) is 0.597. The maximum Gasteiger partial charge on any atom is 0.193 e. The van der Waals surface area contributed by atoms with E-state index in [2.05, 4.69) is 77.8 Å². The van der Waals surface area contributed by atoms with Crippen molar-refractivity contribution < 1.29 is 4.74 Å². The number of rotatable bonds is 5. The molecule has 0 amide bonds. The van der Waals surface area contributed by atoms with E-state index >= 15 is 0 Å². The molecular weight excluding hydrogens is 358 g/mol. The van der Waals surface area contributed by atoms with Crippen molar-refractivity contribution in [3.8, 4) is 0 Å². The van der Waals surface area contributed by atoms with Gasteiger partial charge in [-0.2, -0.15) is 0 Å². The van der Waals surface area contributed by atoms with Gasteiger partial charge in [0.25, 0.3) is 0 Å². The third kappa shape index (κ3) is 4.99. The summed E-state index contributed by atoms with van der Waals surface area (Å²) in [6.45, 7) is 6.82. The zero-order valence-electron chi connectivity index (χ0n) is 17.5. The molecule has 4 nitrogen and oxygen atoms in total. The van der Waals surface area contributed by atoms with Crippen LogP contribution in [-0.2, 0) is 4.74 Å². The van der Waals surface area contributed by atoms with Gasteiger partial charge in [0.2, 0.25) is 0 Å². The van der Waals surface area contributed by atoms with Gasteiger partial charge in [0.15, 0.2) is 5.96 Å². The van der Waals surface area contributed by atoms with Crippen LogP contribution in [-0.4, -0.2) is 43.6 Å². The minimum absolute atomic E-state index is 0.159. The van der Waals surface area contributed by atoms with Crippen LogP contribution < -0.4 is 5.32 Å². The van der Waals surface area contributed by atoms with Crippen LogP contribution in [0.1, 0.15) is 49.3 Å². The summed E-state index contributed by atoms with van der Waals surface area (Å²) < 4.78 is 6.17. The van der Waals surface area contributed by atoms with Gasteiger partial charge in [0.05, 0.1) is 6.10 Å². The van der Waals surface area contributed by atoms with Crippen molar-refractivity contribution in [3.63, 3.8) is 0 Å². The molecule has 0 radical (unpaired) electrons. The SMILES string of the molecule is CCNC(=NCC1CCCOC1c1ccccc1)N1CCC(c2ccccc2)C1. The Balaban J connectivity index is 1.44. The van der Waals surface area contributed by atoms with E-state index in [9.17, 15) is 0 Å². The smallest absolute Gasteiger partial charge is 0.193 e. The summed E-state index contributed by atoms with van der Waals surface area (Å²) in [5.41, 5.74) is 2.72. The number of nitrogens with one attached hydrogen (secondary N) is 1. The van der Waals surface area contributed by atoms with Crippen LogP contribution >= 0.6 is 0 Å². The molecule has 0 bridgehead atoms. The van der Waals surface area contributed by atoms with Gasteiger partial charge >= 0.3 is 0 Å². The number of likely N-dealkylation sites (tertiary alicyclic amines) is 1. The van der Waals surface area contributed by atoms with Crippen molar-refractivity contribution in [2.45, 2.75) is 38.2 Å². The number of guanidine groups is 1. The van der Waals surface area contributed by atoms with Gasteiger partial charge in [-0.15, -0.1) is 0 Å². The molecule has 2 aliphatic rings. The van der Waals surface area contributed by atoms with Crippen LogP contribution in [0.15, 0.2) is 65.7 Å². The molecule has 0 aliphatic carbocycles. The molecular formula is C25H33N3O. The largest absolute Gasteiger partial charge is 0.373 e. The van der Waals surface area contributed by atoms with E-state index in [0.29, 0.717) is 11.8 Å². The molecule has 0 saturated carbocycles.